The molecule has 0 aromatic heterocycles. The van der Waals surface area contributed by atoms with Gasteiger partial charge in [-0.2, -0.15) is 0 Å². The Morgan fingerprint density at radius 3 is 2.53 bits per heavy atom. The van der Waals surface area contributed by atoms with Crippen LogP contribution >= 0.6 is 0 Å². The van der Waals surface area contributed by atoms with Crippen molar-refractivity contribution in [2.24, 2.45) is 40.4 Å². The van der Waals surface area contributed by atoms with Crippen molar-refractivity contribution in [3.05, 3.63) is 47.1 Å². The van der Waals surface area contributed by atoms with Crippen molar-refractivity contribution in [2.75, 3.05) is 13.2 Å². The molecule has 9 nitrogen and oxygen atoms in total. The summed E-state index contributed by atoms with van der Waals surface area (Å²) in [5.41, 5.74) is 1.98. The van der Waals surface area contributed by atoms with Gasteiger partial charge in [0.15, 0.2) is 12.1 Å². The van der Waals surface area contributed by atoms with Crippen LogP contribution in [0.25, 0.3) is 0 Å². The van der Waals surface area contributed by atoms with E-state index in [2.05, 4.69) is 39.0 Å². The largest absolute Gasteiger partial charge is 0.458 e. The molecule has 13 atom stereocenters. The van der Waals surface area contributed by atoms with Gasteiger partial charge in [-0.25, -0.2) is 4.79 Å². The minimum atomic E-state index is -1.55. The summed E-state index contributed by atoms with van der Waals surface area (Å²) in [5, 5.41) is 39.8. The first kappa shape index (κ1) is 30.9. The minimum absolute atomic E-state index is 0.0899. The third-order valence-electron chi connectivity index (χ3n) is 12.3. The van der Waals surface area contributed by atoms with Crippen LogP contribution in [-0.2, 0) is 23.8 Å². The monoisotopic (exact) mass is 598 g/mol. The molecule has 0 aromatic rings. The lowest BCUT2D eigenvalue weighted by atomic mass is 9.48. The molecule has 9 heteroatoms. The van der Waals surface area contributed by atoms with Crippen LogP contribution in [0, 0.1) is 40.4 Å². The van der Waals surface area contributed by atoms with E-state index in [0.29, 0.717) is 35.7 Å². The first-order chi connectivity index (χ1) is 20.4. The van der Waals surface area contributed by atoms with E-state index in [0.717, 1.165) is 36.8 Å². The van der Waals surface area contributed by atoms with Crippen molar-refractivity contribution in [2.45, 2.75) is 96.6 Å². The number of hydrogen-bond acceptors (Lipinski definition) is 9. The highest BCUT2D eigenvalue weighted by Gasteiger charge is 2.60. The lowest BCUT2D eigenvalue weighted by Crippen LogP contribution is -2.59. The molecule has 3 fully saturated rings. The molecule has 1 saturated heterocycles. The van der Waals surface area contributed by atoms with Gasteiger partial charge in [0.1, 0.15) is 30.5 Å². The van der Waals surface area contributed by atoms with E-state index in [1.165, 1.54) is 0 Å². The van der Waals surface area contributed by atoms with E-state index in [1.807, 2.05) is 13.0 Å². The smallest absolute Gasteiger partial charge is 0.336 e. The number of aliphatic hydroxyl groups excluding tert-OH is 4. The second kappa shape index (κ2) is 11.3. The lowest BCUT2D eigenvalue weighted by molar-refractivity contribution is -0.299. The van der Waals surface area contributed by atoms with E-state index >= 15 is 0 Å². The van der Waals surface area contributed by atoms with E-state index in [4.69, 9.17) is 14.2 Å². The van der Waals surface area contributed by atoms with E-state index < -0.39 is 48.7 Å². The number of hydrogen-bond donors (Lipinski definition) is 4. The van der Waals surface area contributed by atoms with Crippen molar-refractivity contribution in [1.29, 1.82) is 0 Å². The van der Waals surface area contributed by atoms with Gasteiger partial charge in [0.05, 0.1) is 24.2 Å². The molecule has 0 unspecified atom stereocenters. The molecule has 0 aromatic carbocycles. The van der Waals surface area contributed by atoms with Crippen molar-refractivity contribution in [3.63, 3.8) is 0 Å². The van der Waals surface area contributed by atoms with Gasteiger partial charge in [-0.05, 0) is 86.2 Å². The van der Waals surface area contributed by atoms with Gasteiger partial charge in [-0.15, -0.1) is 0 Å². The van der Waals surface area contributed by atoms with Crippen LogP contribution in [0.2, 0.25) is 0 Å². The Morgan fingerprint density at radius 1 is 1.05 bits per heavy atom. The molecule has 4 N–H and O–H groups in total. The Kier molecular flexibility index (Phi) is 8.14. The molecule has 2 saturated carbocycles. The predicted octanol–water partition coefficient (Wildman–Crippen LogP) is 2.77. The molecule has 2 heterocycles. The number of rotatable bonds is 6. The quantitative estimate of drug-likeness (QED) is 0.340. The third-order valence-corrected chi connectivity index (χ3v) is 12.3. The van der Waals surface area contributed by atoms with Crippen molar-refractivity contribution < 1.29 is 44.2 Å². The highest BCUT2D eigenvalue weighted by atomic mass is 16.7. The Morgan fingerprint density at radius 2 is 1.81 bits per heavy atom. The Hall–Kier alpha value is -2.14. The van der Waals surface area contributed by atoms with Gasteiger partial charge < -0.3 is 34.6 Å². The molecule has 236 valence electrons. The summed E-state index contributed by atoms with van der Waals surface area (Å²) in [5.74, 6) is 1.43. The summed E-state index contributed by atoms with van der Waals surface area (Å²) < 4.78 is 17.1. The second-order valence-corrected chi connectivity index (χ2v) is 14.2. The lowest BCUT2D eigenvalue weighted by Gasteiger charge is -2.55. The Bertz CT molecular complexity index is 1260. The van der Waals surface area contributed by atoms with Crippen molar-refractivity contribution in [3.8, 4) is 0 Å². The summed E-state index contributed by atoms with van der Waals surface area (Å²) in [6.45, 7) is 7.91. The number of carbonyl (C=O) groups is 2. The summed E-state index contributed by atoms with van der Waals surface area (Å²) in [6, 6.07) is 0. The zero-order valence-corrected chi connectivity index (χ0v) is 25.5. The fraction of sp³-hybridized carbons (Fsp3) is 0.706. The average Bonchev–Trinajstić information content (AvgIpc) is 3.34. The van der Waals surface area contributed by atoms with Crippen LogP contribution in [0.5, 0.6) is 0 Å². The van der Waals surface area contributed by atoms with Crippen LogP contribution in [0.15, 0.2) is 47.1 Å². The van der Waals surface area contributed by atoms with Crippen LogP contribution in [0.4, 0.5) is 0 Å². The number of cyclic esters (lactones) is 1. The number of carbonyl (C=O) groups excluding carboxylic acids is 2. The molecule has 6 aliphatic rings. The maximum absolute atomic E-state index is 13.2. The van der Waals surface area contributed by atoms with Crippen molar-refractivity contribution >= 4 is 11.8 Å². The van der Waals surface area contributed by atoms with Crippen LogP contribution < -0.4 is 0 Å². The van der Waals surface area contributed by atoms with Gasteiger partial charge in [-0.1, -0.05) is 43.7 Å². The van der Waals surface area contributed by atoms with Gasteiger partial charge >= 0.3 is 5.97 Å². The number of esters is 1. The Labute approximate surface area is 253 Å². The molecule has 43 heavy (non-hydrogen) atoms. The summed E-state index contributed by atoms with van der Waals surface area (Å²) in [6.07, 6.45) is 7.85. The zero-order valence-electron chi connectivity index (χ0n) is 25.5. The number of fused-ring (bicyclic) bond motifs is 5. The van der Waals surface area contributed by atoms with Crippen LogP contribution in [0.1, 0.15) is 59.8 Å². The van der Waals surface area contributed by atoms with E-state index in [-0.39, 0.29) is 29.8 Å². The number of ether oxygens (including phenoxy) is 3. The molecule has 0 radical (unpaired) electrons. The summed E-state index contributed by atoms with van der Waals surface area (Å²) in [7, 11) is 0. The minimum Gasteiger partial charge on any atom is -0.458 e. The standard InChI is InChI=1S/C34H46O9/c1-17-14-25(42-31(40)21(17)16-41-32-30(39)29(38)28(37)26(15-35)43-32)18(2)22-10-11-23-20-9-8-19-6-5-7-27(36)34(19,4)24(20)12-13-33(22,23)3/h5-9,18,20,22-26,28-30,32,35,37-39H,10-16H2,1-4H3/t18-,20+,22-,23-,24+,25-,26-,28-,29+,30-,32-,33-,34+/m1/s1. The topological polar surface area (TPSA) is 143 Å². The molecule has 6 rings (SSSR count). The molecular weight excluding hydrogens is 552 g/mol. The van der Waals surface area contributed by atoms with E-state index in [1.54, 1.807) is 6.08 Å². The summed E-state index contributed by atoms with van der Waals surface area (Å²) in [4.78, 5) is 26.4. The maximum atomic E-state index is 13.2. The summed E-state index contributed by atoms with van der Waals surface area (Å²) >= 11 is 0. The number of allylic oxidation sites excluding steroid dienone is 6. The molecular formula is C34H46O9. The SMILES string of the molecule is CC1=C(CO[C@@H]2O[C@H](CO)[C@@H](O)[C@H](O)[C@H]2O)C(=O)O[C@@H]([C@H](C)[C@H]2CC[C@@H]3[C@@H]4C=CC5=CC=CC(=O)[C@]5(C)[C@H]4CC[C@]23C)C1. The molecule has 2 aliphatic heterocycles. The van der Waals surface area contributed by atoms with Gasteiger partial charge in [0, 0.05) is 6.42 Å². The molecule has 0 spiro atoms. The third kappa shape index (κ3) is 4.82. The van der Waals surface area contributed by atoms with Gasteiger partial charge in [0.2, 0.25) is 0 Å². The average molecular weight is 599 g/mol. The normalized spacial score (nSPS) is 46.6. The number of aliphatic hydroxyl groups is 4. The van der Waals surface area contributed by atoms with Crippen LogP contribution in [-0.4, -0.2) is 82.2 Å². The highest BCUT2D eigenvalue weighted by Crippen LogP contribution is 2.66. The molecule has 4 aliphatic carbocycles. The Balaban J connectivity index is 1.13. The predicted molar refractivity (Wildman–Crippen MR) is 156 cm³/mol. The van der Waals surface area contributed by atoms with E-state index in [9.17, 15) is 30.0 Å². The van der Waals surface area contributed by atoms with Crippen LogP contribution in [0.3, 0.4) is 0 Å². The first-order valence-electron chi connectivity index (χ1n) is 15.8. The van der Waals surface area contributed by atoms with Gasteiger partial charge in [0.25, 0.3) is 0 Å². The van der Waals surface area contributed by atoms with Crippen molar-refractivity contribution in [1.82, 2.24) is 0 Å². The number of ketones is 1. The highest BCUT2D eigenvalue weighted by molar-refractivity contribution is 5.99. The maximum Gasteiger partial charge on any atom is 0.336 e. The fourth-order valence-corrected chi connectivity index (χ4v) is 9.56. The zero-order chi connectivity index (χ0) is 30.8. The fourth-order valence-electron chi connectivity index (χ4n) is 9.56. The first-order valence-corrected chi connectivity index (χ1v) is 15.8. The second-order valence-electron chi connectivity index (χ2n) is 14.2. The molecule has 0 amide bonds. The van der Waals surface area contributed by atoms with Gasteiger partial charge in [-0.3, -0.25) is 4.79 Å². The molecule has 0 bridgehead atoms.